The highest BCUT2D eigenvalue weighted by atomic mass is 32.2. The van der Waals surface area contributed by atoms with Gasteiger partial charge in [-0.25, -0.2) is 0 Å². The Hall–Kier alpha value is -0.810. The van der Waals surface area contributed by atoms with Gasteiger partial charge in [0.2, 0.25) is 5.91 Å². The van der Waals surface area contributed by atoms with Crippen molar-refractivity contribution in [2.75, 3.05) is 5.75 Å². The van der Waals surface area contributed by atoms with E-state index in [1.807, 2.05) is 0 Å². The normalized spacial score (nSPS) is 9.62. The number of rotatable bonds is 3. The molecule has 13 heavy (non-hydrogen) atoms. The van der Waals surface area contributed by atoms with E-state index in [0.717, 1.165) is 0 Å². The second-order valence-corrected chi connectivity index (χ2v) is 3.53. The average Bonchev–Trinajstić information content (AvgIpc) is 2.16. The molecule has 5 heteroatoms. The fourth-order valence-corrected chi connectivity index (χ4v) is 1.69. The molecule has 0 aliphatic heterocycles. The molecule has 0 unspecified atom stereocenters. The molecule has 0 heterocycles. The summed E-state index contributed by atoms with van der Waals surface area (Å²) < 4.78 is 2.21. The molecule has 0 fully saturated rings. The summed E-state index contributed by atoms with van der Waals surface area (Å²) in [6.07, 6.45) is 0. The van der Waals surface area contributed by atoms with Crippen LogP contribution in [-0.4, -0.2) is 16.8 Å². The van der Waals surface area contributed by atoms with Gasteiger partial charge in [-0.05, 0) is 12.1 Å². The van der Waals surface area contributed by atoms with Gasteiger partial charge in [0.25, 0.3) is 0 Å². The van der Waals surface area contributed by atoms with Gasteiger partial charge in [-0.3, -0.25) is 4.79 Å². The largest absolute Gasteiger partial charge is 0.507 e. The molecule has 1 aromatic rings. The van der Waals surface area contributed by atoms with Crippen molar-refractivity contribution < 1.29 is 9.90 Å². The van der Waals surface area contributed by atoms with Gasteiger partial charge in [0.05, 0.1) is 5.75 Å². The zero-order valence-electron chi connectivity index (χ0n) is 6.73. The molecule has 0 aliphatic rings. The zero-order chi connectivity index (χ0) is 9.68. The molecular weight excluding hydrogens is 206 g/mol. The molecule has 0 bridgehead atoms. The van der Waals surface area contributed by atoms with E-state index in [4.69, 9.17) is 0 Å². The topological polar surface area (TPSA) is 49.3 Å². The molecule has 0 aliphatic carbocycles. The summed E-state index contributed by atoms with van der Waals surface area (Å²) in [5, 5.41) is 9.32. The number of thioether (sulfide) groups is 1. The third-order valence-electron chi connectivity index (χ3n) is 1.35. The van der Waals surface area contributed by atoms with E-state index in [9.17, 15) is 9.90 Å². The number of carbonyl (C=O) groups excluding carboxylic acids is 1. The summed E-state index contributed by atoms with van der Waals surface area (Å²) in [5.41, 5.74) is 0. The summed E-state index contributed by atoms with van der Waals surface area (Å²) in [4.78, 5) is 11.5. The zero-order valence-corrected chi connectivity index (χ0v) is 8.44. The number of carbonyl (C=O) groups is 1. The highest BCUT2D eigenvalue weighted by Gasteiger charge is 2.03. The van der Waals surface area contributed by atoms with Crippen LogP contribution in [0.5, 0.6) is 5.75 Å². The molecular formula is C8H9NO2S2. The number of para-hydroxylation sites is 1. The molecule has 0 radical (unpaired) electrons. The predicted octanol–water partition coefficient (Wildman–Crippen LogP) is 1.45. The van der Waals surface area contributed by atoms with Crippen molar-refractivity contribution in [3.05, 3.63) is 24.3 Å². The van der Waals surface area contributed by atoms with Gasteiger partial charge >= 0.3 is 0 Å². The Morgan fingerprint density at radius 2 is 2.23 bits per heavy atom. The van der Waals surface area contributed by atoms with Gasteiger partial charge in [0, 0.05) is 4.90 Å². The summed E-state index contributed by atoms with van der Waals surface area (Å²) >= 11 is 4.88. The lowest BCUT2D eigenvalue weighted by Crippen LogP contribution is -2.14. The van der Waals surface area contributed by atoms with Crippen molar-refractivity contribution in [2.45, 2.75) is 4.90 Å². The van der Waals surface area contributed by atoms with Crippen LogP contribution in [0, 0.1) is 0 Å². The predicted molar refractivity (Wildman–Crippen MR) is 56.0 cm³/mol. The minimum atomic E-state index is -0.184. The Balaban J connectivity index is 2.54. The first kappa shape index (κ1) is 10.3. The first-order valence-corrected chi connectivity index (χ1v) is 5.01. The number of aromatic hydroxyl groups is 1. The molecule has 0 aromatic heterocycles. The number of nitrogens with one attached hydrogen (secondary N) is 1. The Labute approximate surface area is 86.1 Å². The van der Waals surface area contributed by atoms with E-state index in [0.29, 0.717) is 4.90 Å². The molecule has 1 rings (SSSR count). The van der Waals surface area contributed by atoms with Crippen LogP contribution in [0.25, 0.3) is 0 Å². The van der Waals surface area contributed by atoms with Crippen molar-refractivity contribution in [1.82, 2.24) is 4.72 Å². The van der Waals surface area contributed by atoms with Crippen LogP contribution >= 0.6 is 24.6 Å². The fraction of sp³-hybridized carbons (Fsp3) is 0.125. The smallest absolute Gasteiger partial charge is 0.239 e. The maximum Gasteiger partial charge on any atom is 0.239 e. The molecule has 1 amide bonds. The summed E-state index contributed by atoms with van der Waals surface area (Å²) in [5.74, 6) is 0.261. The fourth-order valence-electron chi connectivity index (χ4n) is 0.755. The monoisotopic (exact) mass is 215 g/mol. The highest BCUT2D eigenvalue weighted by Crippen LogP contribution is 2.27. The third kappa shape index (κ3) is 3.20. The summed E-state index contributed by atoms with van der Waals surface area (Å²) in [7, 11) is 0. The Morgan fingerprint density at radius 3 is 2.85 bits per heavy atom. The van der Waals surface area contributed by atoms with E-state index in [1.165, 1.54) is 11.8 Å². The lowest BCUT2D eigenvalue weighted by molar-refractivity contribution is -0.116. The van der Waals surface area contributed by atoms with Crippen molar-refractivity contribution >= 4 is 30.5 Å². The highest BCUT2D eigenvalue weighted by molar-refractivity contribution is 8.00. The van der Waals surface area contributed by atoms with Crippen LogP contribution in [0.1, 0.15) is 0 Å². The van der Waals surface area contributed by atoms with Gasteiger partial charge in [-0.1, -0.05) is 24.9 Å². The standard InChI is InChI=1S/C8H9NO2S2/c10-6-3-1-2-4-7(6)13-5-8(11)9-12/h1-4,10,12H,5H2,(H,9,11). The molecule has 1 aromatic carbocycles. The van der Waals surface area contributed by atoms with Crippen LogP contribution in [0.2, 0.25) is 0 Å². The number of hydrogen-bond acceptors (Lipinski definition) is 4. The Bertz CT molecular complexity index is 304. The summed E-state index contributed by atoms with van der Waals surface area (Å²) in [6, 6.07) is 6.88. The van der Waals surface area contributed by atoms with E-state index in [-0.39, 0.29) is 17.4 Å². The molecule has 0 atom stereocenters. The van der Waals surface area contributed by atoms with Gasteiger partial charge in [-0.15, -0.1) is 11.8 Å². The van der Waals surface area contributed by atoms with Gasteiger partial charge < -0.3 is 9.83 Å². The Morgan fingerprint density at radius 1 is 1.54 bits per heavy atom. The molecule has 70 valence electrons. The molecule has 0 saturated carbocycles. The maximum absolute atomic E-state index is 10.8. The van der Waals surface area contributed by atoms with Crippen molar-refractivity contribution in [3.8, 4) is 5.75 Å². The van der Waals surface area contributed by atoms with Crippen LogP contribution in [0.3, 0.4) is 0 Å². The van der Waals surface area contributed by atoms with Gasteiger partial charge in [0.15, 0.2) is 0 Å². The number of phenolic OH excluding ortho intramolecular Hbond substituents is 1. The second-order valence-electron chi connectivity index (χ2n) is 2.29. The van der Waals surface area contributed by atoms with Gasteiger partial charge in [0.1, 0.15) is 5.75 Å². The van der Waals surface area contributed by atoms with Crippen molar-refractivity contribution in [1.29, 1.82) is 0 Å². The minimum absolute atomic E-state index is 0.184. The number of benzene rings is 1. The third-order valence-corrected chi connectivity index (χ3v) is 2.66. The minimum Gasteiger partial charge on any atom is -0.507 e. The SMILES string of the molecule is O=C(CSc1ccccc1O)NS. The molecule has 0 spiro atoms. The van der Waals surface area contributed by atoms with E-state index < -0.39 is 0 Å². The number of thiol groups is 1. The number of hydrogen-bond donors (Lipinski definition) is 3. The maximum atomic E-state index is 10.8. The molecule has 2 N–H and O–H groups in total. The average molecular weight is 215 g/mol. The number of phenols is 1. The molecule has 3 nitrogen and oxygen atoms in total. The van der Waals surface area contributed by atoms with Crippen LogP contribution in [0.4, 0.5) is 0 Å². The van der Waals surface area contributed by atoms with Crippen LogP contribution < -0.4 is 4.72 Å². The van der Waals surface area contributed by atoms with Crippen molar-refractivity contribution in [2.24, 2.45) is 0 Å². The first-order valence-electron chi connectivity index (χ1n) is 3.58. The lowest BCUT2D eigenvalue weighted by atomic mass is 10.3. The van der Waals surface area contributed by atoms with E-state index >= 15 is 0 Å². The van der Waals surface area contributed by atoms with Gasteiger partial charge in [-0.2, -0.15) is 0 Å². The van der Waals surface area contributed by atoms with Crippen molar-refractivity contribution in [3.63, 3.8) is 0 Å². The molecule has 0 saturated heterocycles. The Kier molecular flexibility index (Phi) is 3.98. The lowest BCUT2D eigenvalue weighted by Gasteiger charge is -2.01. The van der Waals surface area contributed by atoms with Crippen LogP contribution in [0.15, 0.2) is 29.2 Å². The van der Waals surface area contributed by atoms with E-state index in [2.05, 4.69) is 17.5 Å². The van der Waals surface area contributed by atoms with E-state index in [1.54, 1.807) is 24.3 Å². The number of amides is 1. The summed E-state index contributed by atoms with van der Waals surface area (Å²) in [6.45, 7) is 0. The van der Waals surface area contributed by atoms with Crippen LogP contribution in [-0.2, 0) is 4.79 Å². The quantitative estimate of drug-likeness (QED) is 0.528. The second kappa shape index (κ2) is 5.04. The first-order chi connectivity index (χ1) is 6.24.